The largest absolute Gasteiger partial charge is 0.382 e. The van der Waals surface area contributed by atoms with E-state index in [1.54, 1.807) is 0 Å². The summed E-state index contributed by atoms with van der Waals surface area (Å²) in [5, 5.41) is 3.73. The van der Waals surface area contributed by atoms with Gasteiger partial charge in [-0.1, -0.05) is 44.9 Å². The molecule has 1 aliphatic rings. The quantitative estimate of drug-likeness (QED) is 0.784. The normalized spacial score (nSPS) is 18.6. The summed E-state index contributed by atoms with van der Waals surface area (Å²) in [6.45, 7) is 6.87. The highest BCUT2D eigenvalue weighted by Gasteiger charge is 2.21. The summed E-state index contributed by atoms with van der Waals surface area (Å²) in [5.41, 5.74) is 2.78. The van der Waals surface area contributed by atoms with Crippen molar-refractivity contribution in [1.82, 2.24) is 0 Å². The second-order valence-corrected chi connectivity index (χ2v) is 5.72. The van der Waals surface area contributed by atoms with E-state index in [1.165, 1.54) is 36.9 Å². The van der Waals surface area contributed by atoms with Crippen LogP contribution in [0.5, 0.6) is 0 Å². The van der Waals surface area contributed by atoms with Crippen LogP contribution in [0.3, 0.4) is 0 Å². The average molecular weight is 231 g/mol. The second kappa shape index (κ2) is 5.57. The van der Waals surface area contributed by atoms with Crippen molar-refractivity contribution < 1.29 is 0 Å². The van der Waals surface area contributed by atoms with Crippen molar-refractivity contribution in [2.24, 2.45) is 5.92 Å². The molecular formula is C16H25N. The molecule has 1 atom stereocenters. The van der Waals surface area contributed by atoms with Crippen molar-refractivity contribution in [3.63, 3.8) is 0 Å². The lowest BCUT2D eigenvalue weighted by molar-refractivity contribution is 0.481. The standard InChI is InChI=1S/C16H25N/c1-12(2)15-10-6-7-11-16(15)17-13(3)14-8-4-5-9-14/h6-7,10-14,17H,4-5,8-9H2,1-3H3. The van der Waals surface area contributed by atoms with E-state index in [0.717, 1.165) is 5.92 Å². The summed E-state index contributed by atoms with van der Waals surface area (Å²) in [7, 11) is 0. The molecule has 1 aliphatic carbocycles. The Kier molecular flexibility index (Phi) is 4.09. The zero-order chi connectivity index (χ0) is 12.3. The van der Waals surface area contributed by atoms with E-state index in [0.29, 0.717) is 12.0 Å². The molecule has 1 aromatic rings. The Morgan fingerprint density at radius 3 is 2.35 bits per heavy atom. The van der Waals surface area contributed by atoms with Gasteiger partial charge in [0.2, 0.25) is 0 Å². The maximum absolute atomic E-state index is 3.73. The molecule has 1 fully saturated rings. The van der Waals surface area contributed by atoms with Gasteiger partial charge >= 0.3 is 0 Å². The number of anilines is 1. The molecule has 1 saturated carbocycles. The molecule has 0 saturated heterocycles. The predicted octanol–water partition coefficient (Wildman–Crippen LogP) is 4.80. The Morgan fingerprint density at radius 1 is 1.06 bits per heavy atom. The van der Waals surface area contributed by atoms with Gasteiger partial charge in [-0.3, -0.25) is 0 Å². The van der Waals surface area contributed by atoms with Crippen LogP contribution in [0, 0.1) is 5.92 Å². The Balaban J connectivity index is 2.06. The minimum Gasteiger partial charge on any atom is -0.382 e. The Labute approximate surface area is 106 Å². The number of hydrogen-bond acceptors (Lipinski definition) is 1. The smallest absolute Gasteiger partial charge is 0.0377 e. The van der Waals surface area contributed by atoms with Crippen LogP contribution in [0.2, 0.25) is 0 Å². The molecule has 1 N–H and O–H groups in total. The molecule has 0 amide bonds. The van der Waals surface area contributed by atoms with Crippen molar-refractivity contribution in [3.05, 3.63) is 29.8 Å². The number of para-hydroxylation sites is 1. The van der Waals surface area contributed by atoms with Gasteiger partial charge in [-0.25, -0.2) is 0 Å². The van der Waals surface area contributed by atoms with Crippen molar-refractivity contribution >= 4 is 5.69 Å². The van der Waals surface area contributed by atoms with E-state index in [2.05, 4.69) is 50.4 Å². The lowest BCUT2D eigenvalue weighted by Gasteiger charge is -2.24. The SMILES string of the molecule is CC(C)c1ccccc1NC(C)C1CCCC1. The van der Waals surface area contributed by atoms with Crippen LogP contribution in [0.1, 0.15) is 57.9 Å². The Morgan fingerprint density at radius 2 is 1.71 bits per heavy atom. The van der Waals surface area contributed by atoms with E-state index in [9.17, 15) is 0 Å². The highest BCUT2D eigenvalue weighted by molar-refractivity contribution is 5.53. The molecule has 0 heterocycles. The summed E-state index contributed by atoms with van der Waals surface area (Å²) in [6.07, 6.45) is 5.64. The van der Waals surface area contributed by atoms with Crippen molar-refractivity contribution in [2.75, 3.05) is 5.32 Å². The molecule has 17 heavy (non-hydrogen) atoms. The molecule has 0 aromatic heterocycles. The monoisotopic (exact) mass is 231 g/mol. The predicted molar refractivity (Wildman–Crippen MR) is 75.6 cm³/mol. The summed E-state index contributed by atoms with van der Waals surface area (Å²) < 4.78 is 0. The average Bonchev–Trinajstić information content (AvgIpc) is 2.83. The molecule has 0 bridgehead atoms. The molecule has 0 spiro atoms. The minimum absolute atomic E-state index is 0.592. The number of hydrogen-bond donors (Lipinski definition) is 1. The van der Waals surface area contributed by atoms with Gasteiger partial charge in [-0.2, -0.15) is 0 Å². The van der Waals surface area contributed by atoms with Gasteiger partial charge in [0, 0.05) is 11.7 Å². The van der Waals surface area contributed by atoms with Gasteiger partial charge in [-0.15, -0.1) is 0 Å². The summed E-state index contributed by atoms with van der Waals surface area (Å²) in [6, 6.07) is 9.35. The number of benzene rings is 1. The second-order valence-electron chi connectivity index (χ2n) is 5.72. The van der Waals surface area contributed by atoms with Crippen LogP contribution in [-0.4, -0.2) is 6.04 Å². The summed E-state index contributed by atoms with van der Waals surface area (Å²) >= 11 is 0. The first kappa shape index (κ1) is 12.5. The fourth-order valence-corrected chi connectivity index (χ4v) is 2.95. The number of nitrogens with one attached hydrogen (secondary N) is 1. The van der Waals surface area contributed by atoms with E-state index < -0.39 is 0 Å². The third kappa shape index (κ3) is 3.02. The molecule has 0 radical (unpaired) electrons. The molecule has 0 aliphatic heterocycles. The van der Waals surface area contributed by atoms with Gasteiger partial charge in [0.15, 0.2) is 0 Å². The molecule has 2 rings (SSSR count). The fourth-order valence-electron chi connectivity index (χ4n) is 2.95. The fraction of sp³-hybridized carbons (Fsp3) is 0.625. The van der Waals surface area contributed by atoms with Gasteiger partial charge in [0.05, 0.1) is 0 Å². The highest BCUT2D eigenvalue weighted by Crippen LogP contribution is 2.31. The van der Waals surface area contributed by atoms with Crippen LogP contribution < -0.4 is 5.32 Å². The molecular weight excluding hydrogens is 206 g/mol. The van der Waals surface area contributed by atoms with Crippen molar-refractivity contribution in [3.8, 4) is 0 Å². The Hall–Kier alpha value is -0.980. The Bertz CT molecular complexity index is 350. The van der Waals surface area contributed by atoms with Crippen LogP contribution >= 0.6 is 0 Å². The van der Waals surface area contributed by atoms with Crippen LogP contribution in [0.15, 0.2) is 24.3 Å². The number of rotatable bonds is 4. The maximum Gasteiger partial charge on any atom is 0.0377 e. The van der Waals surface area contributed by atoms with Gasteiger partial charge in [0.25, 0.3) is 0 Å². The van der Waals surface area contributed by atoms with Crippen LogP contribution in [-0.2, 0) is 0 Å². The molecule has 1 unspecified atom stereocenters. The zero-order valence-electron chi connectivity index (χ0n) is 11.4. The summed E-state index contributed by atoms with van der Waals surface area (Å²) in [5.74, 6) is 1.46. The first-order valence-electron chi connectivity index (χ1n) is 7.04. The zero-order valence-corrected chi connectivity index (χ0v) is 11.4. The minimum atomic E-state index is 0.592. The van der Waals surface area contributed by atoms with Crippen molar-refractivity contribution in [2.45, 2.75) is 58.4 Å². The van der Waals surface area contributed by atoms with Gasteiger partial charge < -0.3 is 5.32 Å². The third-order valence-electron chi connectivity index (χ3n) is 4.07. The van der Waals surface area contributed by atoms with Crippen molar-refractivity contribution in [1.29, 1.82) is 0 Å². The molecule has 1 heteroatoms. The topological polar surface area (TPSA) is 12.0 Å². The van der Waals surface area contributed by atoms with E-state index >= 15 is 0 Å². The highest BCUT2D eigenvalue weighted by atomic mass is 14.9. The maximum atomic E-state index is 3.73. The first-order chi connectivity index (χ1) is 8.18. The first-order valence-corrected chi connectivity index (χ1v) is 7.04. The van der Waals surface area contributed by atoms with E-state index in [4.69, 9.17) is 0 Å². The molecule has 1 aromatic carbocycles. The summed E-state index contributed by atoms with van der Waals surface area (Å²) in [4.78, 5) is 0. The molecule has 1 nitrogen and oxygen atoms in total. The van der Waals surface area contributed by atoms with E-state index in [1.807, 2.05) is 0 Å². The third-order valence-corrected chi connectivity index (χ3v) is 4.07. The lowest BCUT2D eigenvalue weighted by atomic mass is 9.97. The lowest BCUT2D eigenvalue weighted by Crippen LogP contribution is -2.24. The van der Waals surface area contributed by atoms with Crippen LogP contribution in [0.25, 0.3) is 0 Å². The van der Waals surface area contributed by atoms with Crippen LogP contribution in [0.4, 0.5) is 5.69 Å². The molecule has 94 valence electrons. The van der Waals surface area contributed by atoms with Gasteiger partial charge in [0.1, 0.15) is 0 Å². The van der Waals surface area contributed by atoms with Gasteiger partial charge in [-0.05, 0) is 43.2 Å². The van der Waals surface area contributed by atoms with E-state index in [-0.39, 0.29) is 0 Å².